The van der Waals surface area contributed by atoms with Gasteiger partial charge in [0, 0.05) is 57.3 Å². The molecular formula is C36H32ClF6N5O4. The van der Waals surface area contributed by atoms with Crippen molar-refractivity contribution >= 4 is 40.8 Å². The van der Waals surface area contributed by atoms with E-state index in [0.29, 0.717) is 56.0 Å². The number of anilines is 1. The van der Waals surface area contributed by atoms with Gasteiger partial charge in [0.25, 0.3) is 18.2 Å². The average Bonchev–Trinajstić information content (AvgIpc) is 3.43. The predicted octanol–water partition coefficient (Wildman–Crippen LogP) is 7.80. The average molecular weight is 748 g/mol. The molecule has 0 aliphatic carbocycles. The van der Waals surface area contributed by atoms with Gasteiger partial charge < -0.3 is 24.3 Å². The van der Waals surface area contributed by atoms with Crippen molar-refractivity contribution in [1.82, 2.24) is 19.4 Å². The number of aromatic nitrogens is 2. The van der Waals surface area contributed by atoms with Crippen LogP contribution in [-0.2, 0) is 19.8 Å². The second kappa shape index (κ2) is 15.9. The number of rotatable bonds is 10. The molecule has 0 spiro atoms. The lowest BCUT2D eigenvalue weighted by Crippen LogP contribution is -2.48. The van der Waals surface area contributed by atoms with E-state index >= 15 is 0 Å². The minimum atomic E-state index is -4.74. The molecule has 274 valence electrons. The maximum Gasteiger partial charge on any atom is 0.416 e. The van der Waals surface area contributed by atoms with Crippen LogP contribution in [0.25, 0.3) is 10.9 Å². The summed E-state index contributed by atoms with van der Waals surface area (Å²) in [6.45, 7) is 2.40. The molecule has 1 saturated heterocycles. The third-order valence-corrected chi connectivity index (χ3v) is 8.36. The van der Waals surface area contributed by atoms with Crippen LogP contribution in [0, 0.1) is 5.82 Å². The zero-order valence-electron chi connectivity index (χ0n) is 27.5. The van der Waals surface area contributed by atoms with E-state index in [0.717, 1.165) is 22.5 Å². The van der Waals surface area contributed by atoms with Crippen molar-refractivity contribution in [3.8, 4) is 17.4 Å². The van der Waals surface area contributed by atoms with E-state index in [9.17, 15) is 35.9 Å². The van der Waals surface area contributed by atoms with Crippen LogP contribution in [0.1, 0.15) is 32.0 Å². The zero-order valence-corrected chi connectivity index (χ0v) is 28.3. The molecule has 0 unspecified atom stereocenters. The van der Waals surface area contributed by atoms with Gasteiger partial charge in [-0.3, -0.25) is 14.5 Å². The van der Waals surface area contributed by atoms with Gasteiger partial charge in [-0.1, -0.05) is 12.1 Å². The molecule has 0 saturated carbocycles. The SMILES string of the molecule is Cl.Cn1c(C(=O)N2CCN(Cc3ccc(OCC(F)F)cc3)CC2)cc2ccc(Oc3ccc(NC(=O)c4ccc(C(F)(F)F)cc4F)cn3)cc21. The van der Waals surface area contributed by atoms with Gasteiger partial charge in [-0.05, 0) is 60.2 Å². The minimum absolute atomic E-state index is 0. The third-order valence-electron chi connectivity index (χ3n) is 8.36. The van der Waals surface area contributed by atoms with Crippen molar-refractivity contribution < 1.29 is 45.4 Å². The molecule has 2 aromatic heterocycles. The lowest BCUT2D eigenvalue weighted by molar-refractivity contribution is -0.137. The first-order chi connectivity index (χ1) is 24.3. The first-order valence-electron chi connectivity index (χ1n) is 15.8. The van der Waals surface area contributed by atoms with Gasteiger partial charge in [0.15, 0.2) is 0 Å². The van der Waals surface area contributed by atoms with Gasteiger partial charge in [-0.25, -0.2) is 18.2 Å². The number of carbonyl (C=O) groups is 2. The van der Waals surface area contributed by atoms with E-state index < -0.39 is 42.1 Å². The Bertz CT molecular complexity index is 2030. The maximum atomic E-state index is 14.2. The molecule has 6 rings (SSSR count). The summed E-state index contributed by atoms with van der Waals surface area (Å²) in [6.07, 6.45) is -6.01. The van der Waals surface area contributed by atoms with E-state index in [1.807, 2.05) is 24.3 Å². The number of benzene rings is 3. The Morgan fingerprint density at radius 1 is 0.904 bits per heavy atom. The standard InChI is InChI=1S/C36H31F6N5O4.ClH/c1-45-30-18-27(51-33-11-6-25(19-43-33)44-34(48)28-10-5-24(17-29(28)37)36(40,41)42)9-4-23(30)16-31(45)35(49)47-14-12-46(13-15-47)20-22-2-7-26(8-3-22)50-21-32(38)39;/h2-11,16-19,32H,12-15,20-21H2,1H3,(H,44,48);1H. The Kier molecular flexibility index (Phi) is 11.6. The molecule has 3 heterocycles. The van der Waals surface area contributed by atoms with E-state index in [4.69, 9.17) is 9.47 Å². The molecule has 1 N–H and O–H groups in total. The van der Waals surface area contributed by atoms with Crippen LogP contribution in [0.2, 0.25) is 0 Å². The number of piperazine rings is 1. The Balaban J connectivity index is 0.00000523. The van der Waals surface area contributed by atoms with E-state index in [1.165, 1.54) is 18.3 Å². The molecule has 16 heteroatoms. The Morgan fingerprint density at radius 3 is 2.25 bits per heavy atom. The number of fused-ring (bicyclic) bond motifs is 1. The Morgan fingerprint density at radius 2 is 1.62 bits per heavy atom. The van der Waals surface area contributed by atoms with E-state index in [1.54, 1.807) is 40.8 Å². The van der Waals surface area contributed by atoms with Gasteiger partial charge in [-0.15, -0.1) is 12.4 Å². The van der Waals surface area contributed by atoms with Crippen molar-refractivity contribution in [3.63, 3.8) is 0 Å². The summed E-state index contributed by atoms with van der Waals surface area (Å²) >= 11 is 0. The lowest BCUT2D eigenvalue weighted by atomic mass is 10.1. The van der Waals surface area contributed by atoms with E-state index in [2.05, 4.69) is 15.2 Å². The van der Waals surface area contributed by atoms with Gasteiger partial charge in [-0.2, -0.15) is 13.2 Å². The van der Waals surface area contributed by atoms with Gasteiger partial charge in [0.2, 0.25) is 5.88 Å². The summed E-state index contributed by atoms with van der Waals surface area (Å²) in [4.78, 5) is 34.2. The highest BCUT2D eigenvalue weighted by atomic mass is 35.5. The van der Waals surface area contributed by atoms with Gasteiger partial charge in [0.1, 0.15) is 29.6 Å². The molecule has 1 aliphatic rings. The summed E-state index contributed by atoms with van der Waals surface area (Å²) in [7, 11) is 1.79. The summed E-state index contributed by atoms with van der Waals surface area (Å²) < 4.78 is 90.1. The number of amides is 2. The van der Waals surface area contributed by atoms with Crippen LogP contribution < -0.4 is 14.8 Å². The molecule has 52 heavy (non-hydrogen) atoms. The lowest BCUT2D eigenvalue weighted by Gasteiger charge is -2.34. The zero-order chi connectivity index (χ0) is 36.3. The van der Waals surface area contributed by atoms with Crippen molar-refractivity contribution in [2.45, 2.75) is 19.1 Å². The number of alkyl halides is 5. The smallest absolute Gasteiger partial charge is 0.416 e. The molecule has 0 radical (unpaired) electrons. The highest BCUT2D eigenvalue weighted by Gasteiger charge is 2.32. The number of nitrogens with zero attached hydrogens (tertiary/aromatic N) is 4. The molecule has 5 aromatic rings. The minimum Gasteiger partial charge on any atom is -0.488 e. The van der Waals surface area contributed by atoms with Gasteiger partial charge in [0.05, 0.1) is 28.5 Å². The fraction of sp³-hybridized carbons (Fsp3) is 0.250. The molecule has 1 fully saturated rings. The number of aryl methyl sites for hydroxylation is 1. The Hall–Kier alpha value is -5.28. The largest absolute Gasteiger partial charge is 0.488 e. The molecule has 2 amide bonds. The summed E-state index contributed by atoms with van der Waals surface area (Å²) in [5.41, 5.74) is 0.685. The molecule has 1 aliphatic heterocycles. The van der Waals surface area contributed by atoms with Crippen LogP contribution in [0.15, 0.2) is 85.1 Å². The summed E-state index contributed by atoms with van der Waals surface area (Å²) in [6, 6.07) is 18.7. The molecule has 3 aromatic carbocycles. The second-order valence-corrected chi connectivity index (χ2v) is 11.9. The van der Waals surface area contributed by atoms with Crippen molar-refractivity contribution in [3.05, 3.63) is 113 Å². The normalized spacial score (nSPS) is 13.6. The van der Waals surface area contributed by atoms with Crippen molar-refractivity contribution in [2.75, 3.05) is 38.1 Å². The van der Waals surface area contributed by atoms with Crippen LogP contribution in [0.5, 0.6) is 17.4 Å². The van der Waals surface area contributed by atoms with Crippen LogP contribution in [0.4, 0.5) is 32.0 Å². The third kappa shape index (κ3) is 8.95. The molecular weight excluding hydrogens is 716 g/mol. The fourth-order valence-corrected chi connectivity index (χ4v) is 5.67. The first-order valence-corrected chi connectivity index (χ1v) is 15.8. The van der Waals surface area contributed by atoms with Crippen LogP contribution in [0.3, 0.4) is 0 Å². The van der Waals surface area contributed by atoms with Gasteiger partial charge >= 0.3 is 6.18 Å². The molecule has 0 bridgehead atoms. The number of pyridine rings is 1. The first kappa shape index (κ1) is 38.0. The van der Waals surface area contributed by atoms with Crippen LogP contribution in [-0.4, -0.2) is 70.4 Å². The Labute approximate surface area is 300 Å². The van der Waals surface area contributed by atoms with E-state index in [-0.39, 0.29) is 35.9 Å². The fourth-order valence-electron chi connectivity index (χ4n) is 5.67. The number of nitrogens with one attached hydrogen (secondary N) is 1. The predicted molar refractivity (Wildman–Crippen MR) is 183 cm³/mol. The highest BCUT2D eigenvalue weighted by molar-refractivity contribution is 6.04. The number of ether oxygens (including phenoxy) is 2. The van der Waals surface area contributed by atoms with Crippen molar-refractivity contribution in [1.29, 1.82) is 0 Å². The number of halogens is 7. The number of hydrogen-bond acceptors (Lipinski definition) is 6. The summed E-state index contributed by atoms with van der Waals surface area (Å²) in [5.74, 6) is -1.36. The molecule has 0 atom stereocenters. The topological polar surface area (TPSA) is 88.9 Å². The summed E-state index contributed by atoms with van der Waals surface area (Å²) in [5, 5.41) is 3.23. The number of hydrogen-bond donors (Lipinski definition) is 1. The quantitative estimate of drug-likeness (QED) is 0.147. The molecule has 9 nitrogen and oxygen atoms in total. The monoisotopic (exact) mass is 747 g/mol. The van der Waals surface area contributed by atoms with Crippen molar-refractivity contribution in [2.24, 2.45) is 7.05 Å². The maximum absolute atomic E-state index is 14.2. The second-order valence-electron chi connectivity index (χ2n) is 11.9. The highest BCUT2D eigenvalue weighted by Crippen LogP contribution is 2.31. The van der Waals surface area contributed by atoms with Crippen LogP contribution >= 0.6 is 12.4 Å². The number of carbonyl (C=O) groups excluding carboxylic acids is 2.